The number of hydrogen-bond acceptors (Lipinski definition) is 4. The van der Waals surface area contributed by atoms with E-state index >= 15 is 0 Å². The summed E-state index contributed by atoms with van der Waals surface area (Å²) in [6, 6.07) is 8.24. The summed E-state index contributed by atoms with van der Waals surface area (Å²) in [5.74, 6) is -0.305. The zero-order valence-electron chi connectivity index (χ0n) is 8.55. The fourth-order valence-corrected chi connectivity index (χ4v) is 2.05. The normalized spacial score (nSPS) is 11.5. The molecule has 0 aliphatic rings. The van der Waals surface area contributed by atoms with Crippen LogP contribution >= 0.6 is 0 Å². The molecule has 0 amide bonds. The second-order valence-electron chi connectivity index (χ2n) is 2.95. The van der Waals surface area contributed by atoms with Crippen molar-refractivity contribution in [2.45, 2.75) is 4.90 Å². The van der Waals surface area contributed by atoms with Crippen molar-refractivity contribution < 1.29 is 17.9 Å². The van der Waals surface area contributed by atoms with Gasteiger partial charge in [0.15, 0.2) is 5.94 Å². The standard InChI is InChI=1S/C10H14O4S/c1-13-7-8-14-9-15(11,12)10-5-3-2-4-6-10/h2-6H,7-9H2,1H3. The molecule has 0 fully saturated rings. The van der Waals surface area contributed by atoms with Crippen LogP contribution in [0.3, 0.4) is 0 Å². The number of benzene rings is 1. The van der Waals surface area contributed by atoms with E-state index in [1.807, 2.05) is 0 Å². The van der Waals surface area contributed by atoms with E-state index in [0.29, 0.717) is 6.61 Å². The minimum atomic E-state index is -3.32. The van der Waals surface area contributed by atoms with Gasteiger partial charge in [-0.15, -0.1) is 0 Å². The molecule has 4 nitrogen and oxygen atoms in total. The lowest BCUT2D eigenvalue weighted by Gasteiger charge is -2.05. The van der Waals surface area contributed by atoms with Gasteiger partial charge in [0.1, 0.15) is 0 Å². The SMILES string of the molecule is COCCOCS(=O)(=O)c1ccccc1. The summed E-state index contributed by atoms with van der Waals surface area (Å²) < 4.78 is 33.0. The van der Waals surface area contributed by atoms with Crippen LogP contribution in [0.4, 0.5) is 0 Å². The molecule has 84 valence electrons. The van der Waals surface area contributed by atoms with Crippen LogP contribution in [0, 0.1) is 0 Å². The lowest BCUT2D eigenvalue weighted by molar-refractivity contribution is 0.0928. The molecule has 0 spiro atoms. The van der Waals surface area contributed by atoms with Gasteiger partial charge in [0, 0.05) is 7.11 Å². The van der Waals surface area contributed by atoms with Crippen LogP contribution in [0.2, 0.25) is 0 Å². The molecule has 0 atom stereocenters. The van der Waals surface area contributed by atoms with E-state index in [1.54, 1.807) is 30.3 Å². The lowest BCUT2D eigenvalue weighted by Crippen LogP contribution is -2.12. The van der Waals surface area contributed by atoms with Gasteiger partial charge in [-0.05, 0) is 12.1 Å². The van der Waals surface area contributed by atoms with Gasteiger partial charge in [0.05, 0.1) is 18.1 Å². The largest absolute Gasteiger partial charge is 0.382 e. The predicted molar refractivity (Wildman–Crippen MR) is 56.3 cm³/mol. The first-order chi connectivity index (χ1) is 7.17. The predicted octanol–water partition coefficient (Wildman–Crippen LogP) is 1.08. The first-order valence-electron chi connectivity index (χ1n) is 4.51. The maximum atomic E-state index is 11.6. The van der Waals surface area contributed by atoms with Crippen molar-refractivity contribution in [2.75, 3.05) is 26.3 Å². The molecule has 0 aliphatic heterocycles. The summed E-state index contributed by atoms with van der Waals surface area (Å²) in [5, 5.41) is 0. The Balaban J connectivity index is 2.53. The van der Waals surface area contributed by atoms with Crippen LogP contribution in [0.25, 0.3) is 0 Å². The topological polar surface area (TPSA) is 52.6 Å². The monoisotopic (exact) mass is 230 g/mol. The fraction of sp³-hybridized carbons (Fsp3) is 0.400. The van der Waals surface area contributed by atoms with Gasteiger partial charge in [0.2, 0.25) is 9.84 Å². The summed E-state index contributed by atoms with van der Waals surface area (Å²) in [5.41, 5.74) is 0. The molecule has 0 saturated carbocycles. The molecule has 5 heteroatoms. The molecule has 0 aliphatic carbocycles. The minimum absolute atomic E-state index is 0.280. The van der Waals surface area contributed by atoms with E-state index in [0.717, 1.165) is 0 Å². The molecule has 1 aromatic carbocycles. The van der Waals surface area contributed by atoms with Gasteiger partial charge in [0.25, 0.3) is 0 Å². The van der Waals surface area contributed by atoms with Crippen molar-refractivity contribution in [3.8, 4) is 0 Å². The second-order valence-corrected chi connectivity index (χ2v) is 4.88. The average Bonchev–Trinajstić information content (AvgIpc) is 2.26. The third-order valence-electron chi connectivity index (χ3n) is 1.77. The first kappa shape index (κ1) is 12.2. The van der Waals surface area contributed by atoms with Gasteiger partial charge in [-0.25, -0.2) is 8.42 Å². The number of hydrogen-bond donors (Lipinski definition) is 0. The molecule has 0 radical (unpaired) electrons. The minimum Gasteiger partial charge on any atom is -0.382 e. The summed E-state index contributed by atoms with van der Waals surface area (Å²) in [4.78, 5) is 0.280. The molecule has 0 bridgehead atoms. The smallest absolute Gasteiger partial charge is 0.202 e. The summed E-state index contributed by atoms with van der Waals surface area (Å²) in [6.07, 6.45) is 0. The van der Waals surface area contributed by atoms with Gasteiger partial charge < -0.3 is 9.47 Å². The van der Waals surface area contributed by atoms with Crippen LogP contribution < -0.4 is 0 Å². The Bertz CT molecular complexity index is 372. The van der Waals surface area contributed by atoms with Crippen LogP contribution in [0.15, 0.2) is 35.2 Å². The fourth-order valence-electron chi connectivity index (χ4n) is 1.01. The second kappa shape index (κ2) is 5.85. The van der Waals surface area contributed by atoms with Gasteiger partial charge in [-0.2, -0.15) is 0 Å². The number of sulfone groups is 1. The highest BCUT2D eigenvalue weighted by Gasteiger charge is 2.13. The van der Waals surface area contributed by atoms with Crippen molar-refractivity contribution in [3.05, 3.63) is 30.3 Å². The molecular weight excluding hydrogens is 216 g/mol. The third kappa shape index (κ3) is 3.99. The van der Waals surface area contributed by atoms with E-state index in [-0.39, 0.29) is 17.4 Å². The number of ether oxygens (including phenoxy) is 2. The molecule has 1 aromatic rings. The first-order valence-corrected chi connectivity index (χ1v) is 6.16. The Kier molecular flexibility index (Phi) is 4.74. The van der Waals surface area contributed by atoms with Crippen molar-refractivity contribution >= 4 is 9.84 Å². The highest BCUT2D eigenvalue weighted by atomic mass is 32.2. The van der Waals surface area contributed by atoms with Crippen LogP contribution in [0.5, 0.6) is 0 Å². The van der Waals surface area contributed by atoms with Crippen molar-refractivity contribution in [1.82, 2.24) is 0 Å². The molecule has 15 heavy (non-hydrogen) atoms. The van der Waals surface area contributed by atoms with Crippen molar-refractivity contribution in [1.29, 1.82) is 0 Å². The summed E-state index contributed by atoms with van der Waals surface area (Å²) in [7, 11) is -1.78. The Morgan fingerprint density at radius 3 is 2.40 bits per heavy atom. The molecule has 0 aromatic heterocycles. The van der Waals surface area contributed by atoms with E-state index in [2.05, 4.69) is 0 Å². The quantitative estimate of drug-likeness (QED) is 0.686. The Morgan fingerprint density at radius 2 is 1.80 bits per heavy atom. The molecule has 0 saturated heterocycles. The van der Waals surface area contributed by atoms with E-state index in [4.69, 9.17) is 9.47 Å². The van der Waals surface area contributed by atoms with Gasteiger partial charge in [-0.3, -0.25) is 0 Å². The molecule has 0 unspecified atom stereocenters. The number of methoxy groups -OCH3 is 1. The van der Waals surface area contributed by atoms with E-state index in [1.165, 1.54) is 7.11 Å². The van der Waals surface area contributed by atoms with E-state index in [9.17, 15) is 8.42 Å². The maximum absolute atomic E-state index is 11.6. The molecule has 1 rings (SSSR count). The zero-order chi connectivity index (χ0) is 11.1. The van der Waals surface area contributed by atoms with E-state index < -0.39 is 9.84 Å². The Labute approximate surface area is 89.7 Å². The van der Waals surface area contributed by atoms with Gasteiger partial charge >= 0.3 is 0 Å². The molecular formula is C10H14O4S. The Hall–Kier alpha value is -0.910. The van der Waals surface area contributed by atoms with Crippen molar-refractivity contribution in [2.24, 2.45) is 0 Å². The lowest BCUT2D eigenvalue weighted by atomic mass is 10.4. The highest BCUT2D eigenvalue weighted by Crippen LogP contribution is 2.09. The Morgan fingerprint density at radius 1 is 1.13 bits per heavy atom. The maximum Gasteiger partial charge on any atom is 0.202 e. The highest BCUT2D eigenvalue weighted by molar-refractivity contribution is 7.91. The average molecular weight is 230 g/mol. The van der Waals surface area contributed by atoms with Crippen LogP contribution in [0.1, 0.15) is 0 Å². The number of rotatable bonds is 6. The van der Waals surface area contributed by atoms with Crippen LogP contribution in [-0.2, 0) is 19.3 Å². The summed E-state index contributed by atoms with van der Waals surface area (Å²) >= 11 is 0. The third-order valence-corrected chi connectivity index (χ3v) is 3.24. The summed E-state index contributed by atoms with van der Waals surface area (Å²) in [6.45, 7) is 0.673. The van der Waals surface area contributed by atoms with Crippen molar-refractivity contribution in [3.63, 3.8) is 0 Å². The van der Waals surface area contributed by atoms with Crippen LogP contribution in [-0.4, -0.2) is 34.7 Å². The molecule has 0 heterocycles. The zero-order valence-corrected chi connectivity index (χ0v) is 9.37. The van der Waals surface area contributed by atoms with Gasteiger partial charge in [-0.1, -0.05) is 18.2 Å². The molecule has 0 N–H and O–H groups in total.